The van der Waals surface area contributed by atoms with Gasteiger partial charge in [-0.25, -0.2) is 0 Å². The summed E-state index contributed by atoms with van der Waals surface area (Å²) in [7, 11) is 0. The van der Waals surface area contributed by atoms with Gasteiger partial charge in [-0.15, -0.1) is 0 Å². The minimum atomic E-state index is -2.51. The molecular formula is C7H5BrClN2O3S-. The molecule has 0 radical (unpaired) electrons. The number of amides is 1. The molecule has 0 heterocycles. The molecule has 0 aliphatic carbocycles. The number of halogens is 2. The summed E-state index contributed by atoms with van der Waals surface area (Å²) in [5, 5.41) is -0.0325. The number of anilines is 1. The van der Waals surface area contributed by atoms with Crippen molar-refractivity contribution < 1.29 is 13.6 Å². The second-order valence-corrected chi connectivity index (χ2v) is 4.48. The van der Waals surface area contributed by atoms with Crippen LogP contribution in [0.2, 0.25) is 5.02 Å². The van der Waals surface area contributed by atoms with Crippen LogP contribution in [-0.2, 0) is 11.3 Å². The van der Waals surface area contributed by atoms with Crippen LogP contribution in [0.15, 0.2) is 16.6 Å². The fraction of sp³-hybridized carbons (Fsp3) is 0. The van der Waals surface area contributed by atoms with Crippen molar-refractivity contribution in [2.75, 3.05) is 4.72 Å². The van der Waals surface area contributed by atoms with Gasteiger partial charge in [0.2, 0.25) is 5.91 Å². The van der Waals surface area contributed by atoms with E-state index in [1.54, 1.807) is 0 Å². The molecule has 0 aromatic heterocycles. The lowest BCUT2D eigenvalue weighted by Gasteiger charge is -2.12. The molecule has 15 heavy (non-hydrogen) atoms. The van der Waals surface area contributed by atoms with Crippen molar-refractivity contribution in [3.63, 3.8) is 0 Å². The average Bonchev–Trinajstić information content (AvgIpc) is 2.09. The van der Waals surface area contributed by atoms with Crippen LogP contribution < -0.4 is 10.5 Å². The number of benzene rings is 1. The third-order valence-electron chi connectivity index (χ3n) is 1.50. The van der Waals surface area contributed by atoms with E-state index in [1.165, 1.54) is 12.1 Å². The first-order valence-corrected chi connectivity index (χ1v) is 5.81. The second-order valence-electron chi connectivity index (χ2n) is 2.52. The summed E-state index contributed by atoms with van der Waals surface area (Å²) in [6, 6.07) is 2.83. The molecule has 0 aliphatic heterocycles. The minimum absolute atomic E-state index is 0.0325. The molecule has 0 saturated carbocycles. The van der Waals surface area contributed by atoms with Crippen molar-refractivity contribution in [3.8, 4) is 0 Å². The highest BCUT2D eigenvalue weighted by molar-refractivity contribution is 9.10. The van der Waals surface area contributed by atoms with Crippen molar-refractivity contribution in [1.29, 1.82) is 0 Å². The van der Waals surface area contributed by atoms with Gasteiger partial charge in [-0.1, -0.05) is 27.5 Å². The summed E-state index contributed by atoms with van der Waals surface area (Å²) in [6.07, 6.45) is 0. The lowest BCUT2D eigenvalue weighted by Crippen LogP contribution is -2.13. The van der Waals surface area contributed by atoms with E-state index in [0.717, 1.165) is 0 Å². The quantitative estimate of drug-likeness (QED) is 0.826. The van der Waals surface area contributed by atoms with Crippen molar-refractivity contribution in [2.45, 2.75) is 0 Å². The summed E-state index contributed by atoms with van der Waals surface area (Å²) in [4.78, 5) is 10.9. The molecule has 82 valence electrons. The molecule has 1 atom stereocenters. The number of hydrogen-bond acceptors (Lipinski definition) is 3. The number of nitrogens with one attached hydrogen (secondary N) is 1. The molecule has 1 amide bonds. The molecule has 0 fully saturated rings. The molecule has 0 aliphatic rings. The molecule has 8 heteroatoms. The Bertz CT molecular complexity index is 440. The molecular weight excluding hydrogens is 308 g/mol. The molecule has 0 saturated heterocycles. The van der Waals surface area contributed by atoms with Crippen LogP contribution in [0.4, 0.5) is 5.69 Å². The number of primary amides is 1. The number of carbonyl (C=O) groups is 1. The first-order chi connectivity index (χ1) is 6.91. The van der Waals surface area contributed by atoms with Crippen LogP contribution in [0.3, 0.4) is 0 Å². The van der Waals surface area contributed by atoms with Gasteiger partial charge in [0.25, 0.3) is 0 Å². The highest BCUT2D eigenvalue weighted by Crippen LogP contribution is 2.30. The van der Waals surface area contributed by atoms with E-state index >= 15 is 0 Å². The number of rotatable bonds is 3. The van der Waals surface area contributed by atoms with Crippen molar-refractivity contribution in [1.82, 2.24) is 0 Å². The lowest BCUT2D eigenvalue weighted by atomic mass is 10.2. The number of nitrogens with two attached hydrogens (primary N) is 1. The van der Waals surface area contributed by atoms with Gasteiger partial charge in [0.1, 0.15) is 0 Å². The first-order valence-electron chi connectivity index (χ1n) is 3.56. The van der Waals surface area contributed by atoms with Gasteiger partial charge < -0.3 is 15.0 Å². The highest BCUT2D eigenvalue weighted by atomic mass is 79.9. The molecule has 3 N–H and O–H groups in total. The van der Waals surface area contributed by atoms with E-state index in [1.807, 2.05) is 0 Å². The first kappa shape index (κ1) is 12.4. The van der Waals surface area contributed by atoms with E-state index in [4.69, 9.17) is 17.3 Å². The van der Waals surface area contributed by atoms with Gasteiger partial charge >= 0.3 is 0 Å². The summed E-state index contributed by atoms with van der Waals surface area (Å²) in [6.45, 7) is 0. The topological polar surface area (TPSA) is 95.2 Å². The van der Waals surface area contributed by atoms with Crippen LogP contribution in [0.5, 0.6) is 0 Å². The summed E-state index contributed by atoms with van der Waals surface area (Å²) in [5.74, 6) is -0.735. The third kappa shape index (κ3) is 3.16. The zero-order valence-electron chi connectivity index (χ0n) is 7.12. The van der Waals surface area contributed by atoms with Gasteiger partial charge in [0.15, 0.2) is 0 Å². The van der Waals surface area contributed by atoms with E-state index in [-0.39, 0.29) is 16.3 Å². The second kappa shape index (κ2) is 4.93. The van der Waals surface area contributed by atoms with E-state index in [9.17, 15) is 13.6 Å². The predicted octanol–water partition coefficient (Wildman–Crippen LogP) is 1.41. The molecule has 5 nitrogen and oxygen atoms in total. The normalized spacial score (nSPS) is 12.2. The number of carbonyl (C=O) groups excluding carboxylic acids is 1. The molecule has 1 unspecified atom stereocenters. The lowest BCUT2D eigenvalue weighted by molar-refractivity contribution is 0.100. The van der Waals surface area contributed by atoms with E-state index in [2.05, 4.69) is 20.7 Å². The van der Waals surface area contributed by atoms with Gasteiger partial charge in [-0.3, -0.25) is 9.00 Å². The smallest absolute Gasteiger partial charge is 0.250 e. The molecule has 0 spiro atoms. The maximum Gasteiger partial charge on any atom is 0.250 e. The van der Waals surface area contributed by atoms with Crippen LogP contribution in [-0.4, -0.2) is 14.7 Å². The fourth-order valence-electron chi connectivity index (χ4n) is 0.933. The van der Waals surface area contributed by atoms with Crippen molar-refractivity contribution in [2.24, 2.45) is 5.73 Å². The van der Waals surface area contributed by atoms with Gasteiger partial charge in [0, 0.05) is 15.7 Å². The molecule has 1 aromatic carbocycles. The Balaban J connectivity index is 3.28. The van der Waals surface area contributed by atoms with Gasteiger partial charge in [0.05, 0.1) is 16.3 Å². The van der Waals surface area contributed by atoms with Crippen LogP contribution in [0.1, 0.15) is 10.4 Å². The molecule has 1 rings (SSSR count). The highest BCUT2D eigenvalue weighted by Gasteiger charge is 2.12. The van der Waals surface area contributed by atoms with Crippen molar-refractivity contribution in [3.05, 3.63) is 27.2 Å². The fourth-order valence-corrected chi connectivity index (χ4v) is 2.04. The van der Waals surface area contributed by atoms with Crippen LogP contribution in [0.25, 0.3) is 0 Å². The van der Waals surface area contributed by atoms with E-state index < -0.39 is 17.2 Å². The largest absolute Gasteiger partial charge is 0.755 e. The maximum atomic E-state index is 10.9. The Morgan fingerprint density at radius 1 is 1.60 bits per heavy atom. The Morgan fingerprint density at radius 2 is 2.20 bits per heavy atom. The Hall–Kier alpha value is -0.630. The number of hydrogen-bond donors (Lipinski definition) is 2. The van der Waals surface area contributed by atoms with E-state index in [0.29, 0.717) is 4.47 Å². The summed E-state index contributed by atoms with van der Waals surface area (Å²) >= 11 is 6.35. The summed E-state index contributed by atoms with van der Waals surface area (Å²) in [5.41, 5.74) is 5.19. The zero-order valence-corrected chi connectivity index (χ0v) is 10.3. The minimum Gasteiger partial charge on any atom is -0.755 e. The SMILES string of the molecule is NC(=O)c1cc(Br)cc(NS(=O)[O-])c1Cl. The Labute approximate surface area is 102 Å². The van der Waals surface area contributed by atoms with Gasteiger partial charge in [-0.2, -0.15) is 0 Å². The Kier molecular flexibility index (Phi) is 4.09. The Morgan fingerprint density at radius 3 is 2.67 bits per heavy atom. The predicted molar refractivity (Wildman–Crippen MR) is 60.2 cm³/mol. The molecule has 1 aromatic rings. The molecule has 0 bridgehead atoms. The third-order valence-corrected chi connectivity index (χ3v) is 2.75. The summed E-state index contributed by atoms with van der Waals surface area (Å²) < 4.78 is 23.4. The van der Waals surface area contributed by atoms with Gasteiger partial charge in [-0.05, 0) is 12.1 Å². The van der Waals surface area contributed by atoms with Crippen LogP contribution >= 0.6 is 27.5 Å². The monoisotopic (exact) mass is 311 g/mol. The van der Waals surface area contributed by atoms with Crippen LogP contribution in [0, 0.1) is 0 Å². The average molecular weight is 313 g/mol. The maximum absolute atomic E-state index is 10.9. The van der Waals surface area contributed by atoms with Crippen molar-refractivity contribution >= 4 is 50.4 Å². The standard InChI is InChI=1S/C7H6BrClN2O3S/c8-3-1-4(7(10)12)6(9)5(2-3)11-15(13)14/h1-2,11H,(H2,10,12)(H,13,14)/p-1. The zero-order chi connectivity index (χ0) is 11.6.